The van der Waals surface area contributed by atoms with Gasteiger partial charge in [-0.1, -0.05) is 49.6 Å². The van der Waals surface area contributed by atoms with Crippen LogP contribution < -0.4 is 0 Å². The van der Waals surface area contributed by atoms with Crippen molar-refractivity contribution in [2.75, 3.05) is 32.7 Å². The third kappa shape index (κ3) is 6.01. The van der Waals surface area contributed by atoms with Gasteiger partial charge in [0.25, 0.3) is 0 Å². The van der Waals surface area contributed by atoms with Gasteiger partial charge in [0.05, 0.1) is 0 Å². The highest BCUT2D eigenvalue weighted by Crippen LogP contribution is 2.12. The zero-order chi connectivity index (χ0) is 15.7. The lowest BCUT2D eigenvalue weighted by Crippen LogP contribution is -2.46. The minimum absolute atomic E-state index is 0.968. The van der Waals surface area contributed by atoms with E-state index >= 15 is 0 Å². The van der Waals surface area contributed by atoms with E-state index in [1.165, 1.54) is 11.1 Å². The summed E-state index contributed by atoms with van der Waals surface area (Å²) >= 11 is 0. The van der Waals surface area contributed by atoms with E-state index < -0.39 is 0 Å². The van der Waals surface area contributed by atoms with E-state index in [9.17, 15) is 0 Å². The van der Waals surface area contributed by atoms with Crippen molar-refractivity contribution >= 4 is 0 Å². The monoisotopic (exact) mass is 284 g/mol. The van der Waals surface area contributed by atoms with Gasteiger partial charge >= 0.3 is 0 Å². The summed E-state index contributed by atoms with van der Waals surface area (Å²) < 4.78 is 0. The molecule has 0 aromatic rings. The molecule has 1 aliphatic heterocycles. The Bertz CT molecular complexity index is 454. The van der Waals surface area contributed by atoms with Crippen molar-refractivity contribution in [2.45, 2.75) is 13.8 Å². The van der Waals surface area contributed by atoms with Crippen molar-refractivity contribution in [2.24, 2.45) is 0 Å². The molecule has 0 saturated carbocycles. The van der Waals surface area contributed by atoms with Gasteiger partial charge in [-0.3, -0.25) is 4.90 Å². The van der Waals surface area contributed by atoms with Crippen LogP contribution in [0.2, 0.25) is 0 Å². The molecule has 0 aromatic heterocycles. The summed E-state index contributed by atoms with van der Waals surface area (Å²) in [5.74, 6) is 0. The molecule has 0 N–H and O–H groups in total. The van der Waals surface area contributed by atoms with Gasteiger partial charge in [0.1, 0.15) is 0 Å². The summed E-state index contributed by atoms with van der Waals surface area (Å²) in [6, 6.07) is 0. The Kier molecular flexibility index (Phi) is 7.55. The summed E-state index contributed by atoms with van der Waals surface area (Å²) in [6.07, 6.45) is 12.0. The van der Waals surface area contributed by atoms with Gasteiger partial charge in [0, 0.05) is 38.4 Å². The van der Waals surface area contributed by atoms with Gasteiger partial charge in [0.15, 0.2) is 0 Å². The first-order chi connectivity index (χ1) is 10.1. The molecule has 0 aromatic carbocycles. The quantitative estimate of drug-likeness (QED) is 0.653. The normalized spacial score (nSPS) is 17.3. The summed E-state index contributed by atoms with van der Waals surface area (Å²) in [5.41, 5.74) is 3.74. The first-order valence-electron chi connectivity index (χ1n) is 7.49. The number of hydrogen-bond donors (Lipinski definition) is 0. The fraction of sp³-hybridized carbons (Fsp3) is 0.368. The van der Waals surface area contributed by atoms with Crippen molar-refractivity contribution in [1.82, 2.24) is 9.80 Å². The van der Waals surface area contributed by atoms with Crippen molar-refractivity contribution in [3.05, 3.63) is 73.0 Å². The van der Waals surface area contributed by atoms with Crippen LogP contribution in [0.5, 0.6) is 0 Å². The van der Waals surface area contributed by atoms with Crippen molar-refractivity contribution in [3.63, 3.8) is 0 Å². The van der Waals surface area contributed by atoms with Crippen LogP contribution in [0, 0.1) is 0 Å². The number of piperazine rings is 1. The molecule has 21 heavy (non-hydrogen) atoms. The number of allylic oxidation sites excluding steroid dienone is 6. The first kappa shape index (κ1) is 17.3. The van der Waals surface area contributed by atoms with Gasteiger partial charge in [-0.05, 0) is 31.6 Å². The van der Waals surface area contributed by atoms with Gasteiger partial charge < -0.3 is 4.90 Å². The summed E-state index contributed by atoms with van der Waals surface area (Å²) in [6.45, 7) is 20.9. The molecule has 0 bridgehead atoms. The Morgan fingerprint density at radius 3 is 2.05 bits per heavy atom. The Balaban J connectivity index is 2.56. The predicted molar refractivity (Wildman–Crippen MR) is 94.2 cm³/mol. The smallest absolute Gasteiger partial charge is 0.0360 e. The molecule has 1 rings (SSSR count). The van der Waals surface area contributed by atoms with Gasteiger partial charge in [-0.15, -0.1) is 0 Å². The third-order valence-electron chi connectivity index (χ3n) is 3.53. The third-order valence-corrected chi connectivity index (χ3v) is 3.53. The highest BCUT2D eigenvalue weighted by molar-refractivity contribution is 5.25. The average molecular weight is 284 g/mol. The maximum atomic E-state index is 3.92. The van der Waals surface area contributed by atoms with E-state index in [4.69, 9.17) is 0 Å². The van der Waals surface area contributed by atoms with Gasteiger partial charge in [-0.2, -0.15) is 0 Å². The van der Waals surface area contributed by atoms with Crippen molar-refractivity contribution in [1.29, 1.82) is 0 Å². The average Bonchev–Trinajstić information content (AvgIpc) is 2.49. The molecule has 114 valence electrons. The topological polar surface area (TPSA) is 6.48 Å². The van der Waals surface area contributed by atoms with Crippen molar-refractivity contribution < 1.29 is 0 Å². The molecule has 1 aliphatic rings. The molecule has 0 atom stereocenters. The van der Waals surface area contributed by atoms with Crippen LogP contribution in [-0.4, -0.2) is 42.5 Å². The van der Waals surface area contributed by atoms with E-state index in [0.717, 1.165) is 38.4 Å². The molecule has 2 heteroatoms. The molecule has 1 heterocycles. The van der Waals surface area contributed by atoms with E-state index in [2.05, 4.69) is 55.5 Å². The van der Waals surface area contributed by atoms with E-state index in [1.54, 1.807) is 0 Å². The lowest BCUT2D eigenvalue weighted by molar-refractivity contribution is 0.173. The highest BCUT2D eigenvalue weighted by atomic mass is 15.3. The minimum atomic E-state index is 0.968. The van der Waals surface area contributed by atoms with Crippen LogP contribution in [-0.2, 0) is 0 Å². The summed E-state index contributed by atoms with van der Waals surface area (Å²) in [7, 11) is 0. The second kappa shape index (κ2) is 9.19. The highest BCUT2D eigenvalue weighted by Gasteiger charge is 2.17. The molecular formula is C19H28N2. The lowest BCUT2D eigenvalue weighted by atomic mass is 10.1. The SMILES string of the molecule is C=C/C=C(\C=C)N1CCN(C/C(C=C)=C/C=C(C)C)CC1. The standard InChI is InChI=1S/C19H28N2/c1-6-9-19(8-3)21-14-12-20(13-15-21)16-18(7-2)11-10-17(4)5/h6-11H,1-3,12-16H2,4-5H3/b18-11+,19-9+. The van der Waals surface area contributed by atoms with Crippen LogP contribution in [0.4, 0.5) is 0 Å². The largest absolute Gasteiger partial charge is 0.369 e. The molecule has 0 spiro atoms. The second-order valence-electron chi connectivity index (χ2n) is 5.48. The van der Waals surface area contributed by atoms with Gasteiger partial charge in [-0.25, -0.2) is 0 Å². The Morgan fingerprint density at radius 1 is 0.905 bits per heavy atom. The zero-order valence-corrected chi connectivity index (χ0v) is 13.5. The van der Waals surface area contributed by atoms with Crippen LogP contribution in [0.15, 0.2) is 73.0 Å². The minimum Gasteiger partial charge on any atom is -0.369 e. The Hall–Kier alpha value is -1.80. The summed E-state index contributed by atoms with van der Waals surface area (Å²) in [5, 5.41) is 0. The first-order valence-corrected chi connectivity index (χ1v) is 7.49. The molecule has 0 amide bonds. The van der Waals surface area contributed by atoms with Gasteiger partial charge in [0.2, 0.25) is 0 Å². The van der Waals surface area contributed by atoms with E-state index in [0.29, 0.717) is 0 Å². The molecule has 0 aliphatic carbocycles. The maximum absolute atomic E-state index is 3.92. The molecule has 1 saturated heterocycles. The van der Waals surface area contributed by atoms with Crippen LogP contribution in [0.25, 0.3) is 0 Å². The molecule has 2 nitrogen and oxygen atoms in total. The van der Waals surface area contributed by atoms with E-state index in [1.807, 2.05) is 24.3 Å². The van der Waals surface area contributed by atoms with Crippen LogP contribution >= 0.6 is 0 Å². The number of rotatable bonds is 7. The summed E-state index contributed by atoms with van der Waals surface area (Å²) in [4.78, 5) is 4.83. The Labute approximate surface area is 130 Å². The van der Waals surface area contributed by atoms with E-state index in [-0.39, 0.29) is 0 Å². The number of nitrogens with zero attached hydrogens (tertiary/aromatic N) is 2. The molecule has 1 fully saturated rings. The lowest BCUT2D eigenvalue weighted by Gasteiger charge is -2.36. The second-order valence-corrected chi connectivity index (χ2v) is 5.48. The molecular weight excluding hydrogens is 256 g/mol. The van der Waals surface area contributed by atoms with Crippen LogP contribution in [0.3, 0.4) is 0 Å². The fourth-order valence-corrected chi connectivity index (χ4v) is 2.30. The Morgan fingerprint density at radius 2 is 1.57 bits per heavy atom. The zero-order valence-electron chi connectivity index (χ0n) is 13.5. The molecule has 0 unspecified atom stereocenters. The maximum Gasteiger partial charge on any atom is 0.0360 e. The van der Waals surface area contributed by atoms with Crippen LogP contribution in [0.1, 0.15) is 13.8 Å². The molecule has 0 radical (unpaired) electrons. The fourth-order valence-electron chi connectivity index (χ4n) is 2.30. The number of hydrogen-bond acceptors (Lipinski definition) is 2. The van der Waals surface area contributed by atoms with Crippen molar-refractivity contribution in [3.8, 4) is 0 Å². The predicted octanol–water partition coefficient (Wildman–Crippen LogP) is 3.94.